The fourth-order valence-electron chi connectivity index (χ4n) is 2.04. The Labute approximate surface area is 95.2 Å². The van der Waals surface area contributed by atoms with Gasteiger partial charge in [0.15, 0.2) is 0 Å². The van der Waals surface area contributed by atoms with Crippen LogP contribution in [-0.4, -0.2) is 28.3 Å². The maximum absolute atomic E-state index is 11.7. The van der Waals surface area contributed by atoms with E-state index in [4.69, 9.17) is 0 Å². The van der Waals surface area contributed by atoms with Gasteiger partial charge in [0, 0.05) is 25.4 Å². The molecule has 2 N–H and O–H groups in total. The molecule has 1 atom stereocenters. The summed E-state index contributed by atoms with van der Waals surface area (Å²) in [5.41, 5.74) is 2.05. The van der Waals surface area contributed by atoms with Crippen LogP contribution in [0.4, 0.5) is 0 Å². The van der Waals surface area contributed by atoms with E-state index in [1.54, 1.807) is 4.68 Å². The van der Waals surface area contributed by atoms with Crippen molar-refractivity contribution >= 4 is 5.91 Å². The number of aromatic nitrogens is 2. The number of aryl methyl sites for hydroxylation is 2. The van der Waals surface area contributed by atoms with Crippen molar-refractivity contribution < 1.29 is 4.79 Å². The monoisotopic (exact) mass is 222 g/mol. The van der Waals surface area contributed by atoms with E-state index in [9.17, 15) is 4.79 Å². The molecule has 2 heterocycles. The van der Waals surface area contributed by atoms with Gasteiger partial charge < -0.3 is 10.6 Å². The SMILES string of the molecule is Cc1nn(C)cc1CNC(=O)C1CCCN1. The summed E-state index contributed by atoms with van der Waals surface area (Å²) < 4.78 is 1.77. The molecule has 0 radical (unpaired) electrons. The topological polar surface area (TPSA) is 59.0 Å². The second kappa shape index (κ2) is 4.65. The predicted octanol–water partition coefficient (Wildman–Crippen LogP) is 0.0967. The molecule has 0 aliphatic carbocycles. The zero-order valence-electron chi connectivity index (χ0n) is 9.79. The van der Waals surface area contributed by atoms with Crippen LogP contribution in [0.15, 0.2) is 6.20 Å². The number of carbonyl (C=O) groups is 1. The number of rotatable bonds is 3. The molecule has 0 spiro atoms. The second-order valence-corrected chi connectivity index (χ2v) is 4.28. The average molecular weight is 222 g/mol. The van der Waals surface area contributed by atoms with E-state index in [1.807, 2.05) is 20.2 Å². The lowest BCUT2D eigenvalue weighted by Gasteiger charge is -2.10. The Morgan fingerprint density at radius 3 is 3.12 bits per heavy atom. The minimum absolute atomic E-state index is 0.00280. The van der Waals surface area contributed by atoms with E-state index in [0.29, 0.717) is 6.54 Å². The van der Waals surface area contributed by atoms with Crippen molar-refractivity contribution in [3.63, 3.8) is 0 Å². The number of nitrogens with one attached hydrogen (secondary N) is 2. The molecule has 0 saturated carbocycles. The Hall–Kier alpha value is -1.36. The maximum atomic E-state index is 11.7. The molecule has 5 nitrogen and oxygen atoms in total. The molecule has 1 fully saturated rings. The van der Waals surface area contributed by atoms with Gasteiger partial charge >= 0.3 is 0 Å². The van der Waals surface area contributed by atoms with Crippen LogP contribution in [0.3, 0.4) is 0 Å². The van der Waals surface area contributed by atoms with Crippen LogP contribution in [0.5, 0.6) is 0 Å². The van der Waals surface area contributed by atoms with E-state index in [2.05, 4.69) is 15.7 Å². The van der Waals surface area contributed by atoms with E-state index in [1.165, 1.54) is 0 Å². The third-order valence-electron chi connectivity index (χ3n) is 2.94. The summed E-state index contributed by atoms with van der Waals surface area (Å²) >= 11 is 0. The van der Waals surface area contributed by atoms with Crippen LogP contribution in [-0.2, 0) is 18.4 Å². The van der Waals surface area contributed by atoms with Crippen molar-refractivity contribution in [1.29, 1.82) is 0 Å². The summed E-state index contributed by atoms with van der Waals surface area (Å²) in [4.78, 5) is 11.7. The Morgan fingerprint density at radius 2 is 2.56 bits per heavy atom. The van der Waals surface area contributed by atoms with Crippen LogP contribution in [0.1, 0.15) is 24.1 Å². The largest absolute Gasteiger partial charge is 0.351 e. The van der Waals surface area contributed by atoms with Crippen LogP contribution in [0.2, 0.25) is 0 Å². The molecular formula is C11H18N4O. The maximum Gasteiger partial charge on any atom is 0.237 e. The van der Waals surface area contributed by atoms with Crippen LogP contribution in [0, 0.1) is 6.92 Å². The van der Waals surface area contributed by atoms with Crippen molar-refractivity contribution in [2.45, 2.75) is 32.4 Å². The van der Waals surface area contributed by atoms with Gasteiger partial charge in [0.2, 0.25) is 5.91 Å². The van der Waals surface area contributed by atoms with Crippen LogP contribution in [0.25, 0.3) is 0 Å². The predicted molar refractivity (Wildman–Crippen MR) is 60.8 cm³/mol. The molecule has 2 rings (SSSR count). The fourth-order valence-corrected chi connectivity index (χ4v) is 2.04. The Bertz CT molecular complexity index is 379. The highest BCUT2D eigenvalue weighted by Crippen LogP contribution is 2.07. The first-order chi connectivity index (χ1) is 7.66. The van der Waals surface area contributed by atoms with Gasteiger partial charge in [-0.3, -0.25) is 9.48 Å². The van der Waals surface area contributed by atoms with E-state index in [-0.39, 0.29) is 11.9 Å². The summed E-state index contributed by atoms with van der Waals surface area (Å²) in [6.45, 7) is 3.47. The van der Waals surface area contributed by atoms with Gasteiger partial charge in [-0.1, -0.05) is 0 Å². The minimum Gasteiger partial charge on any atom is -0.351 e. The first-order valence-electron chi connectivity index (χ1n) is 5.67. The zero-order chi connectivity index (χ0) is 11.5. The third-order valence-corrected chi connectivity index (χ3v) is 2.94. The minimum atomic E-state index is -0.00280. The number of hydrogen-bond acceptors (Lipinski definition) is 3. The highest BCUT2D eigenvalue weighted by Gasteiger charge is 2.21. The van der Waals surface area contributed by atoms with Crippen molar-refractivity contribution in [1.82, 2.24) is 20.4 Å². The number of amides is 1. The van der Waals surface area contributed by atoms with Gasteiger partial charge in [-0.2, -0.15) is 5.10 Å². The lowest BCUT2D eigenvalue weighted by molar-refractivity contribution is -0.122. The Kier molecular flexibility index (Phi) is 3.24. The molecule has 0 bridgehead atoms. The van der Waals surface area contributed by atoms with Gasteiger partial charge in [-0.15, -0.1) is 0 Å². The quantitative estimate of drug-likeness (QED) is 0.762. The van der Waals surface area contributed by atoms with E-state index >= 15 is 0 Å². The highest BCUT2D eigenvalue weighted by molar-refractivity contribution is 5.81. The Balaban J connectivity index is 1.87. The van der Waals surface area contributed by atoms with Crippen molar-refractivity contribution in [3.05, 3.63) is 17.5 Å². The van der Waals surface area contributed by atoms with E-state index < -0.39 is 0 Å². The van der Waals surface area contributed by atoms with Gasteiger partial charge in [0.1, 0.15) is 0 Å². The first kappa shape index (κ1) is 11.1. The average Bonchev–Trinajstić information content (AvgIpc) is 2.84. The number of carbonyl (C=O) groups excluding carboxylic acids is 1. The molecule has 1 aromatic heterocycles. The van der Waals surface area contributed by atoms with Crippen molar-refractivity contribution in [2.24, 2.45) is 7.05 Å². The smallest absolute Gasteiger partial charge is 0.237 e. The molecule has 1 aromatic rings. The summed E-state index contributed by atoms with van der Waals surface area (Å²) in [5, 5.41) is 10.4. The standard InChI is InChI=1S/C11H18N4O/c1-8-9(7-15(2)14-8)6-13-11(16)10-4-3-5-12-10/h7,10,12H,3-6H2,1-2H3,(H,13,16). The summed E-state index contributed by atoms with van der Waals surface area (Å²) in [6.07, 6.45) is 3.97. The fraction of sp³-hybridized carbons (Fsp3) is 0.636. The van der Waals surface area contributed by atoms with Crippen LogP contribution < -0.4 is 10.6 Å². The molecule has 1 unspecified atom stereocenters. The van der Waals surface area contributed by atoms with Gasteiger partial charge in [-0.25, -0.2) is 0 Å². The lowest BCUT2D eigenvalue weighted by Crippen LogP contribution is -2.40. The molecule has 5 heteroatoms. The third kappa shape index (κ3) is 2.41. The van der Waals surface area contributed by atoms with Gasteiger partial charge in [0.25, 0.3) is 0 Å². The van der Waals surface area contributed by atoms with Crippen LogP contribution >= 0.6 is 0 Å². The molecule has 0 aromatic carbocycles. The van der Waals surface area contributed by atoms with Gasteiger partial charge in [0.05, 0.1) is 11.7 Å². The summed E-state index contributed by atoms with van der Waals surface area (Å²) in [6, 6.07) is -0.00280. The number of hydrogen-bond donors (Lipinski definition) is 2. The highest BCUT2D eigenvalue weighted by atomic mass is 16.2. The Morgan fingerprint density at radius 1 is 1.75 bits per heavy atom. The summed E-state index contributed by atoms with van der Waals surface area (Å²) in [7, 11) is 1.89. The lowest BCUT2D eigenvalue weighted by atomic mass is 10.2. The van der Waals surface area contributed by atoms with Gasteiger partial charge in [-0.05, 0) is 26.3 Å². The molecular weight excluding hydrogens is 204 g/mol. The molecule has 1 aliphatic rings. The second-order valence-electron chi connectivity index (χ2n) is 4.28. The summed E-state index contributed by atoms with van der Waals surface area (Å²) in [5.74, 6) is 0.0979. The molecule has 1 amide bonds. The molecule has 16 heavy (non-hydrogen) atoms. The molecule has 1 saturated heterocycles. The molecule has 1 aliphatic heterocycles. The van der Waals surface area contributed by atoms with Crippen molar-refractivity contribution in [3.8, 4) is 0 Å². The van der Waals surface area contributed by atoms with E-state index in [0.717, 1.165) is 30.6 Å². The number of nitrogens with zero attached hydrogens (tertiary/aromatic N) is 2. The normalized spacial score (nSPS) is 20.0. The zero-order valence-corrected chi connectivity index (χ0v) is 9.79. The first-order valence-corrected chi connectivity index (χ1v) is 5.67. The molecule has 88 valence electrons. The van der Waals surface area contributed by atoms with Crippen molar-refractivity contribution in [2.75, 3.05) is 6.54 Å².